The molecule has 0 aliphatic carbocycles. The number of carbonyl (C=O) groups is 1. The first-order valence-corrected chi connectivity index (χ1v) is 9.08. The lowest BCUT2D eigenvalue weighted by Crippen LogP contribution is -2.30. The highest BCUT2D eigenvalue weighted by Gasteiger charge is 2.30. The lowest BCUT2D eigenvalue weighted by molar-refractivity contribution is -0.132. The smallest absolute Gasteiger partial charge is 0.223 e. The van der Waals surface area contributed by atoms with Crippen LogP contribution in [0.5, 0.6) is 0 Å². The molecule has 1 saturated heterocycles. The largest absolute Gasteiger partial charge is 0.334 e. The fraction of sp³-hybridized carbons (Fsp3) is 0.579. The maximum Gasteiger partial charge on any atom is 0.223 e. The van der Waals surface area contributed by atoms with Gasteiger partial charge in [-0.05, 0) is 43.9 Å². The van der Waals surface area contributed by atoms with Gasteiger partial charge in [0.1, 0.15) is 5.65 Å². The Morgan fingerprint density at radius 2 is 1.83 bits per heavy atom. The number of hydrogen-bond donors (Lipinski definition) is 0. The van der Waals surface area contributed by atoms with Crippen molar-refractivity contribution in [2.45, 2.75) is 64.0 Å². The summed E-state index contributed by atoms with van der Waals surface area (Å²) >= 11 is 0. The van der Waals surface area contributed by atoms with Crippen molar-refractivity contribution in [1.82, 2.24) is 14.5 Å². The molecule has 4 nitrogen and oxygen atoms in total. The highest BCUT2D eigenvalue weighted by molar-refractivity contribution is 5.78. The van der Waals surface area contributed by atoms with Gasteiger partial charge in [0.05, 0.1) is 11.7 Å². The molecular formula is C19H25N3O. The van der Waals surface area contributed by atoms with Gasteiger partial charge in [0.15, 0.2) is 0 Å². The van der Waals surface area contributed by atoms with Crippen molar-refractivity contribution in [3.05, 3.63) is 30.1 Å². The van der Waals surface area contributed by atoms with Crippen molar-refractivity contribution in [1.29, 1.82) is 0 Å². The van der Waals surface area contributed by atoms with E-state index in [4.69, 9.17) is 4.98 Å². The number of fused-ring (bicyclic) bond motifs is 3. The molecule has 0 spiro atoms. The van der Waals surface area contributed by atoms with E-state index in [-0.39, 0.29) is 6.04 Å². The van der Waals surface area contributed by atoms with Crippen molar-refractivity contribution in [3.8, 4) is 0 Å². The van der Waals surface area contributed by atoms with Crippen LogP contribution in [0.4, 0.5) is 0 Å². The molecule has 4 heteroatoms. The molecule has 2 aliphatic heterocycles. The summed E-state index contributed by atoms with van der Waals surface area (Å²) in [6.07, 6.45) is 10.9. The molecule has 0 radical (unpaired) electrons. The first-order valence-electron chi connectivity index (χ1n) is 9.08. The number of hydrogen-bond acceptors (Lipinski definition) is 2. The number of nitrogens with zero attached hydrogens (tertiary/aromatic N) is 3. The SMILES string of the molecule is O=C1CCCCCCCn2ccc3ccc(nc32)C2CCCN12. The molecule has 122 valence electrons. The van der Waals surface area contributed by atoms with E-state index in [1.54, 1.807) is 0 Å². The molecule has 1 amide bonds. The molecule has 1 atom stereocenters. The van der Waals surface area contributed by atoms with Crippen molar-refractivity contribution in [2.24, 2.45) is 0 Å². The summed E-state index contributed by atoms with van der Waals surface area (Å²) in [5.41, 5.74) is 2.15. The first kappa shape index (κ1) is 14.7. The van der Waals surface area contributed by atoms with Crippen LogP contribution in [-0.2, 0) is 11.3 Å². The zero-order valence-corrected chi connectivity index (χ0v) is 13.7. The molecule has 23 heavy (non-hydrogen) atoms. The maximum atomic E-state index is 12.6. The van der Waals surface area contributed by atoms with Crippen LogP contribution in [-0.4, -0.2) is 26.9 Å². The summed E-state index contributed by atoms with van der Waals surface area (Å²) in [4.78, 5) is 19.6. The topological polar surface area (TPSA) is 38.1 Å². The van der Waals surface area contributed by atoms with E-state index in [2.05, 4.69) is 33.9 Å². The van der Waals surface area contributed by atoms with E-state index in [9.17, 15) is 4.79 Å². The molecule has 1 unspecified atom stereocenters. The van der Waals surface area contributed by atoms with Gasteiger partial charge < -0.3 is 9.47 Å². The number of aryl methyl sites for hydroxylation is 1. The highest BCUT2D eigenvalue weighted by Crippen LogP contribution is 2.33. The molecular weight excluding hydrogens is 286 g/mol. The predicted molar refractivity (Wildman–Crippen MR) is 91.1 cm³/mol. The Kier molecular flexibility index (Phi) is 4.06. The fourth-order valence-corrected chi connectivity index (χ4v) is 4.05. The molecule has 2 aliphatic rings. The van der Waals surface area contributed by atoms with E-state index in [1.807, 2.05) is 0 Å². The zero-order chi connectivity index (χ0) is 15.6. The monoisotopic (exact) mass is 311 g/mol. The van der Waals surface area contributed by atoms with Gasteiger partial charge in [0.2, 0.25) is 5.91 Å². The summed E-state index contributed by atoms with van der Waals surface area (Å²) in [6, 6.07) is 6.62. The Balaban J connectivity index is 1.72. The lowest BCUT2D eigenvalue weighted by Gasteiger charge is -2.25. The normalized spacial score (nSPS) is 23.2. The maximum absolute atomic E-state index is 12.6. The van der Waals surface area contributed by atoms with Crippen LogP contribution in [0.3, 0.4) is 0 Å². The van der Waals surface area contributed by atoms with Gasteiger partial charge in [-0.2, -0.15) is 0 Å². The Labute approximate surface area is 137 Å². The zero-order valence-electron chi connectivity index (χ0n) is 13.7. The Hall–Kier alpha value is -1.84. The summed E-state index contributed by atoms with van der Waals surface area (Å²) in [6.45, 7) is 1.94. The lowest BCUT2D eigenvalue weighted by atomic mass is 10.1. The van der Waals surface area contributed by atoms with Crippen LogP contribution in [0.25, 0.3) is 11.0 Å². The van der Waals surface area contributed by atoms with Crippen LogP contribution in [0, 0.1) is 0 Å². The summed E-state index contributed by atoms with van der Waals surface area (Å²) in [5.74, 6) is 0.321. The van der Waals surface area contributed by atoms with Gasteiger partial charge in [0, 0.05) is 31.1 Å². The summed E-state index contributed by atoms with van der Waals surface area (Å²) in [7, 11) is 0. The Morgan fingerprint density at radius 3 is 2.78 bits per heavy atom. The van der Waals surface area contributed by atoms with E-state index in [0.717, 1.165) is 43.7 Å². The molecule has 1 fully saturated rings. The first-order chi connectivity index (χ1) is 11.3. The van der Waals surface area contributed by atoms with Crippen LogP contribution in [0.15, 0.2) is 24.4 Å². The molecule has 0 N–H and O–H groups in total. The molecule has 4 rings (SSSR count). The summed E-state index contributed by atoms with van der Waals surface area (Å²) in [5, 5.41) is 1.21. The van der Waals surface area contributed by atoms with Crippen LogP contribution in [0.2, 0.25) is 0 Å². The number of carbonyl (C=O) groups excluding carboxylic acids is 1. The molecule has 2 aromatic heterocycles. The van der Waals surface area contributed by atoms with E-state index in [0.29, 0.717) is 12.3 Å². The average Bonchev–Trinajstić information content (AvgIpc) is 3.19. The van der Waals surface area contributed by atoms with Crippen LogP contribution in [0.1, 0.15) is 63.1 Å². The second-order valence-electron chi connectivity index (χ2n) is 6.92. The standard InChI is InChI=1S/C19H25N3O/c23-18-8-4-2-1-3-5-12-21-14-11-15-9-10-16(20-19(15)21)17-7-6-13-22(17)18/h9-11,14,17H,1-8,12-13H2. The van der Waals surface area contributed by atoms with Crippen molar-refractivity contribution < 1.29 is 4.79 Å². The summed E-state index contributed by atoms with van der Waals surface area (Å²) < 4.78 is 2.28. The minimum absolute atomic E-state index is 0.179. The number of rotatable bonds is 0. The Bertz CT molecular complexity index is 706. The minimum atomic E-state index is 0.179. The molecule has 4 heterocycles. The highest BCUT2D eigenvalue weighted by atomic mass is 16.2. The van der Waals surface area contributed by atoms with Crippen molar-refractivity contribution >= 4 is 16.9 Å². The predicted octanol–water partition coefficient (Wildman–Crippen LogP) is 4.05. The molecule has 0 aromatic carbocycles. The van der Waals surface area contributed by atoms with Crippen molar-refractivity contribution in [2.75, 3.05) is 6.54 Å². The number of aromatic nitrogens is 2. The third kappa shape index (κ3) is 2.87. The fourth-order valence-electron chi connectivity index (χ4n) is 4.05. The molecule has 2 aromatic rings. The third-order valence-electron chi connectivity index (χ3n) is 5.34. The number of pyridine rings is 1. The quantitative estimate of drug-likeness (QED) is 0.736. The second kappa shape index (κ2) is 6.34. The van der Waals surface area contributed by atoms with E-state index < -0.39 is 0 Å². The van der Waals surface area contributed by atoms with Crippen molar-refractivity contribution in [3.63, 3.8) is 0 Å². The van der Waals surface area contributed by atoms with E-state index in [1.165, 1.54) is 31.1 Å². The average molecular weight is 311 g/mol. The van der Waals surface area contributed by atoms with Gasteiger partial charge in [-0.3, -0.25) is 4.79 Å². The van der Waals surface area contributed by atoms with E-state index >= 15 is 0 Å². The third-order valence-corrected chi connectivity index (χ3v) is 5.34. The van der Waals surface area contributed by atoms with Gasteiger partial charge in [0.25, 0.3) is 0 Å². The van der Waals surface area contributed by atoms with Gasteiger partial charge in [-0.15, -0.1) is 0 Å². The van der Waals surface area contributed by atoms with Gasteiger partial charge >= 0.3 is 0 Å². The number of amides is 1. The minimum Gasteiger partial charge on any atom is -0.334 e. The second-order valence-corrected chi connectivity index (χ2v) is 6.92. The van der Waals surface area contributed by atoms with Crippen LogP contribution < -0.4 is 0 Å². The molecule has 0 saturated carbocycles. The van der Waals surface area contributed by atoms with Gasteiger partial charge in [-0.1, -0.05) is 19.3 Å². The Morgan fingerprint density at radius 1 is 0.957 bits per heavy atom. The van der Waals surface area contributed by atoms with Gasteiger partial charge in [-0.25, -0.2) is 4.98 Å². The van der Waals surface area contributed by atoms with Crippen LogP contribution >= 0.6 is 0 Å². The molecule has 2 bridgehead atoms.